The van der Waals surface area contributed by atoms with Crippen molar-refractivity contribution in [2.24, 2.45) is 22.4 Å². The lowest BCUT2D eigenvalue weighted by Gasteiger charge is -2.27. The molecule has 7 nitrogen and oxygen atoms in total. The number of hydrogen-bond acceptors (Lipinski definition) is 6. The van der Waals surface area contributed by atoms with E-state index in [2.05, 4.69) is 24.2 Å². The third-order valence-electron chi connectivity index (χ3n) is 5.28. The van der Waals surface area contributed by atoms with Crippen molar-refractivity contribution >= 4 is 28.5 Å². The topological polar surface area (TPSA) is 114 Å². The number of ketones is 1. The predicted molar refractivity (Wildman–Crippen MR) is 120 cm³/mol. The van der Waals surface area contributed by atoms with Gasteiger partial charge in [0, 0.05) is 32.3 Å². The second-order valence-corrected chi connectivity index (χ2v) is 8.07. The second-order valence-electron chi connectivity index (χ2n) is 7.71. The van der Waals surface area contributed by atoms with E-state index in [1.807, 2.05) is 0 Å². The van der Waals surface area contributed by atoms with E-state index in [4.69, 9.17) is 23.1 Å². The van der Waals surface area contributed by atoms with Crippen LogP contribution in [-0.2, 0) is 9.59 Å². The molecule has 29 heavy (non-hydrogen) atoms. The largest absolute Gasteiger partial charge is 0.397 e. The zero-order valence-electron chi connectivity index (χ0n) is 18.1. The highest BCUT2D eigenvalue weighted by Gasteiger charge is 2.28. The van der Waals surface area contributed by atoms with Crippen molar-refractivity contribution in [3.63, 3.8) is 0 Å². The molecule has 5 N–H and O–H groups in total. The highest BCUT2D eigenvalue weighted by molar-refractivity contribution is 6.72. The summed E-state index contributed by atoms with van der Waals surface area (Å²) in [6.45, 7) is 7.92. The third-order valence-corrected chi connectivity index (χ3v) is 5.64. The molecule has 1 saturated heterocycles. The Morgan fingerprint density at radius 1 is 1.34 bits per heavy atom. The number of nitrogens with two attached hydrogens (primary N) is 2. The molecule has 2 atom stereocenters. The number of carbonyl (C=O) groups is 2. The van der Waals surface area contributed by atoms with Crippen LogP contribution in [0.2, 0.25) is 0 Å². The molecule has 0 bridgehead atoms. The van der Waals surface area contributed by atoms with Gasteiger partial charge in [-0.25, -0.2) is 0 Å². The van der Waals surface area contributed by atoms with Crippen molar-refractivity contribution < 1.29 is 9.59 Å². The summed E-state index contributed by atoms with van der Waals surface area (Å²) in [6.07, 6.45) is 6.42. The lowest BCUT2D eigenvalue weighted by Crippen LogP contribution is -2.44. The van der Waals surface area contributed by atoms with Gasteiger partial charge in [0.25, 0.3) is 5.91 Å². The van der Waals surface area contributed by atoms with Gasteiger partial charge in [0.05, 0.1) is 11.4 Å². The third kappa shape index (κ3) is 8.19. The van der Waals surface area contributed by atoms with Gasteiger partial charge in [0.15, 0.2) is 5.78 Å². The summed E-state index contributed by atoms with van der Waals surface area (Å²) < 4.78 is 0. The molecule has 0 saturated carbocycles. The maximum absolute atomic E-state index is 13.3. The Bertz CT molecular complexity index is 672. The Morgan fingerprint density at radius 2 is 2.03 bits per heavy atom. The summed E-state index contributed by atoms with van der Waals surface area (Å²) in [5.74, 6) is 0.103. The minimum Gasteiger partial charge on any atom is -0.397 e. The maximum Gasteiger partial charge on any atom is 0.259 e. The van der Waals surface area contributed by atoms with E-state index in [9.17, 15) is 9.59 Å². The first-order valence-corrected chi connectivity index (χ1v) is 10.7. The van der Waals surface area contributed by atoms with Crippen LogP contribution in [0.5, 0.6) is 0 Å². The van der Waals surface area contributed by atoms with E-state index in [1.54, 1.807) is 4.90 Å². The molecule has 0 aromatic carbocycles. The number of amides is 1. The van der Waals surface area contributed by atoms with Crippen molar-refractivity contribution in [3.8, 4) is 0 Å². The van der Waals surface area contributed by atoms with Crippen molar-refractivity contribution in [2.45, 2.75) is 58.9 Å². The summed E-state index contributed by atoms with van der Waals surface area (Å²) in [5, 5.41) is 3.57. The quantitative estimate of drug-likeness (QED) is 0.298. The first-order valence-electron chi connectivity index (χ1n) is 10.3. The molecule has 0 aromatic rings. The van der Waals surface area contributed by atoms with Crippen molar-refractivity contribution in [2.75, 3.05) is 26.7 Å². The standard InChI is InChI=1S/C21H36ClN5O2/c1-5-14(2)9-10-26-16-8-6-7-11-27(13-16)21(29)18(20(22)25-4)19(24)17(23)12-15(3)28/h12,14,16,26H,5-11,13,23-24H2,1-4H3/b17-12-,19-18+,25-20?. The van der Waals surface area contributed by atoms with Gasteiger partial charge >= 0.3 is 0 Å². The number of carbonyl (C=O) groups excluding carboxylic acids is 2. The molecule has 0 radical (unpaired) electrons. The Kier molecular flexibility index (Phi) is 11.0. The monoisotopic (exact) mass is 425 g/mol. The average Bonchev–Trinajstić information content (AvgIpc) is 2.92. The molecule has 164 valence electrons. The fourth-order valence-electron chi connectivity index (χ4n) is 3.26. The van der Waals surface area contributed by atoms with Gasteiger partial charge in [0.2, 0.25) is 0 Å². The van der Waals surface area contributed by atoms with Crippen LogP contribution in [0.15, 0.2) is 28.0 Å². The fraction of sp³-hybridized carbons (Fsp3) is 0.667. The molecular formula is C21H36ClN5O2. The predicted octanol–water partition coefficient (Wildman–Crippen LogP) is 2.30. The molecule has 1 amide bonds. The molecular weight excluding hydrogens is 390 g/mol. The molecule has 0 aliphatic carbocycles. The van der Waals surface area contributed by atoms with Gasteiger partial charge in [-0.3, -0.25) is 14.6 Å². The first kappa shape index (κ1) is 25.2. The SMILES string of the molecule is CCC(C)CCNC1CCCCN(C(=O)/C(C(Cl)=NC)=C(N)\C(N)=C\C(C)=O)C1. The van der Waals surface area contributed by atoms with Crippen LogP contribution in [0.1, 0.15) is 52.9 Å². The van der Waals surface area contributed by atoms with E-state index < -0.39 is 0 Å². The van der Waals surface area contributed by atoms with Gasteiger partial charge < -0.3 is 21.7 Å². The molecule has 1 fully saturated rings. The summed E-state index contributed by atoms with van der Waals surface area (Å²) in [5.41, 5.74) is 12.0. The number of aliphatic imine (C=N–C) groups is 1. The second kappa shape index (κ2) is 12.6. The Balaban J connectivity index is 3.04. The minimum atomic E-state index is -0.311. The van der Waals surface area contributed by atoms with Crippen molar-refractivity contribution in [1.82, 2.24) is 10.2 Å². The van der Waals surface area contributed by atoms with E-state index in [1.165, 1.54) is 20.0 Å². The van der Waals surface area contributed by atoms with Gasteiger partial charge in [-0.15, -0.1) is 0 Å². The van der Waals surface area contributed by atoms with Crippen LogP contribution in [0, 0.1) is 5.92 Å². The van der Waals surface area contributed by atoms with E-state index >= 15 is 0 Å². The molecule has 0 spiro atoms. The molecule has 1 aliphatic heterocycles. The maximum atomic E-state index is 13.3. The molecule has 1 aliphatic rings. The van der Waals surface area contributed by atoms with Crippen LogP contribution in [0.3, 0.4) is 0 Å². The summed E-state index contributed by atoms with van der Waals surface area (Å²) in [7, 11) is 1.48. The number of nitrogens with zero attached hydrogens (tertiary/aromatic N) is 2. The van der Waals surface area contributed by atoms with Crippen LogP contribution in [-0.4, -0.2) is 54.5 Å². The van der Waals surface area contributed by atoms with Gasteiger partial charge in [0.1, 0.15) is 10.7 Å². The van der Waals surface area contributed by atoms with Gasteiger partial charge in [-0.2, -0.15) is 0 Å². The van der Waals surface area contributed by atoms with Crippen LogP contribution in [0.25, 0.3) is 0 Å². The Morgan fingerprint density at radius 3 is 2.62 bits per heavy atom. The lowest BCUT2D eigenvalue weighted by atomic mass is 10.0. The van der Waals surface area contributed by atoms with Crippen LogP contribution >= 0.6 is 11.6 Å². The molecule has 1 heterocycles. The zero-order valence-corrected chi connectivity index (χ0v) is 18.9. The van der Waals surface area contributed by atoms with Crippen LogP contribution < -0.4 is 16.8 Å². The number of allylic oxidation sites excluding steroid dienone is 1. The lowest BCUT2D eigenvalue weighted by molar-refractivity contribution is -0.126. The number of likely N-dealkylation sites (tertiary alicyclic amines) is 1. The van der Waals surface area contributed by atoms with Crippen LogP contribution in [0.4, 0.5) is 0 Å². The molecule has 0 aromatic heterocycles. The van der Waals surface area contributed by atoms with Gasteiger partial charge in [-0.05, 0) is 38.6 Å². The molecule has 8 heteroatoms. The number of nitrogens with one attached hydrogen (secondary N) is 1. The Hall–Kier alpha value is -1.86. The van der Waals surface area contributed by atoms with E-state index in [0.717, 1.165) is 38.6 Å². The van der Waals surface area contributed by atoms with E-state index in [0.29, 0.717) is 19.0 Å². The van der Waals surface area contributed by atoms with E-state index in [-0.39, 0.29) is 39.9 Å². The Labute approximate surface area is 179 Å². The normalized spacial score (nSPS) is 20.7. The zero-order chi connectivity index (χ0) is 22.0. The average molecular weight is 426 g/mol. The number of rotatable bonds is 9. The molecule has 1 rings (SSSR count). The highest BCUT2D eigenvalue weighted by Crippen LogP contribution is 2.19. The van der Waals surface area contributed by atoms with Gasteiger partial charge in [-0.1, -0.05) is 38.3 Å². The van der Waals surface area contributed by atoms with Crippen molar-refractivity contribution in [3.05, 3.63) is 23.0 Å². The summed E-state index contributed by atoms with van der Waals surface area (Å²) >= 11 is 6.21. The minimum absolute atomic E-state index is 0.0145. The summed E-state index contributed by atoms with van der Waals surface area (Å²) in [4.78, 5) is 30.3. The number of halogens is 1. The number of hydrogen-bond donors (Lipinski definition) is 3. The molecule has 2 unspecified atom stereocenters. The summed E-state index contributed by atoms with van der Waals surface area (Å²) in [6, 6.07) is 0.218. The smallest absolute Gasteiger partial charge is 0.259 e. The first-order chi connectivity index (χ1) is 13.7. The highest BCUT2D eigenvalue weighted by atomic mass is 35.5. The van der Waals surface area contributed by atoms with Crippen molar-refractivity contribution in [1.29, 1.82) is 0 Å². The fourth-order valence-corrected chi connectivity index (χ4v) is 3.44.